The molecule has 1 N–H and O–H groups in total. The lowest BCUT2D eigenvalue weighted by Gasteiger charge is -2.18. The van der Waals surface area contributed by atoms with Crippen LogP contribution >= 0.6 is 23.1 Å². The first-order valence-electron chi connectivity index (χ1n) is 7.48. The fourth-order valence-electron chi connectivity index (χ4n) is 2.30. The van der Waals surface area contributed by atoms with E-state index in [-0.39, 0.29) is 17.8 Å². The molecule has 2 nitrogen and oxygen atoms in total. The van der Waals surface area contributed by atoms with Gasteiger partial charge in [0, 0.05) is 9.77 Å². The largest absolute Gasteiger partial charge is 0.344 e. The Morgan fingerprint density at radius 3 is 2.46 bits per heavy atom. The van der Waals surface area contributed by atoms with Crippen LogP contribution in [0.1, 0.15) is 16.5 Å². The van der Waals surface area contributed by atoms with E-state index in [4.69, 9.17) is 0 Å². The molecule has 1 heterocycles. The minimum atomic E-state index is -0.273. The number of thioether (sulfide) groups is 1. The van der Waals surface area contributed by atoms with Crippen LogP contribution in [-0.2, 0) is 4.79 Å². The van der Waals surface area contributed by atoms with Crippen LogP contribution in [-0.4, -0.2) is 11.7 Å². The van der Waals surface area contributed by atoms with Crippen molar-refractivity contribution < 1.29 is 9.18 Å². The maximum Gasteiger partial charge on any atom is 0.231 e. The second-order valence-corrected chi connectivity index (χ2v) is 7.20. The highest BCUT2D eigenvalue weighted by molar-refractivity contribution is 8.00. The zero-order chi connectivity index (χ0) is 16.8. The van der Waals surface area contributed by atoms with Crippen LogP contribution in [0.25, 0.3) is 0 Å². The van der Waals surface area contributed by atoms with Crippen molar-refractivity contribution in [3.63, 3.8) is 0 Å². The van der Waals surface area contributed by atoms with E-state index in [2.05, 4.69) is 5.32 Å². The normalized spacial score (nSPS) is 11.9. The minimum Gasteiger partial charge on any atom is -0.344 e. The van der Waals surface area contributed by atoms with Gasteiger partial charge in [0.05, 0.1) is 11.8 Å². The Kier molecular flexibility index (Phi) is 5.67. The monoisotopic (exact) mass is 357 g/mol. The number of benzene rings is 2. The van der Waals surface area contributed by atoms with Crippen molar-refractivity contribution in [3.05, 3.63) is 88.4 Å². The fourth-order valence-corrected chi connectivity index (χ4v) is 3.81. The van der Waals surface area contributed by atoms with Gasteiger partial charge in [-0.25, -0.2) is 4.39 Å². The summed E-state index contributed by atoms with van der Waals surface area (Å²) in [5.41, 5.74) is 1.06. The van der Waals surface area contributed by atoms with E-state index < -0.39 is 0 Å². The van der Waals surface area contributed by atoms with Gasteiger partial charge in [0.2, 0.25) is 5.91 Å². The summed E-state index contributed by atoms with van der Waals surface area (Å²) < 4.78 is 12.9. The number of nitrogens with one attached hydrogen (secondary N) is 1. The maximum atomic E-state index is 12.9. The third kappa shape index (κ3) is 4.46. The number of rotatable bonds is 6. The molecule has 0 spiro atoms. The molecule has 0 aliphatic carbocycles. The van der Waals surface area contributed by atoms with Gasteiger partial charge in [-0.3, -0.25) is 4.79 Å². The number of carbonyl (C=O) groups is 1. The number of amides is 1. The topological polar surface area (TPSA) is 29.1 Å². The molecule has 1 atom stereocenters. The quantitative estimate of drug-likeness (QED) is 0.637. The highest BCUT2D eigenvalue weighted by Crippen LogP contribution is 2.26. The van der Waals surface area contributed by atoms with Crippen LogP contribution in [0.5, 0.6) is 0 Å². The van der Waals surface area contributed by atoms with E-state index in [1.807, 2.05) is 47.8 Å². The van der Waals surface area contributed by atoms with E-state index in [0.29, 0.717) is 5.75 Å². The number of carbonyl (C=O) groups excluding carboxylic acids is 1. The van der Waals surface area contributed by atoms with Crippen molar-refractivity contribution in [2.24, 2.45) is 0 Å². The minimum absolute atomic E-state index is 0.0495. The lowest BCUT2D eigenvalue weighted by Crippen LogP contribution is -2.30. The summed E-state index contributed by atoms with van der Waals surface area (Å²) in [6.45, 7) is 0. The van der Waals surface area contributed by atoms with Crippen molar-refractivity contribution >= 4 is 29.0 Å². The molecule has 24 heavy (non-hydrogen) atoms. The molecule has 0 bridgehead atoms. The third-order valence-electron chi connectivity index (χ3n) is 3.45. The molecule has 1 aromatic heterocycles. The zero-order valence-corrected chi connectivity index (χ0v) is 14.4. The number of halogens is 1. The van der Waals surface area contributed by atoms with Gasteiger partial charge < -0.3 is 5.32 Å². The number of thiophene rings is 1. The van der Waals surface area contributed by atoms with Crippen LogP contribution < -0.4 is 5.32 Å². The van der Waals surface area contributed by atoms with Crippen LogP contribution in [0.3, 0.4) is 0 Å². The van der Waals surface area contributed by atoms with Gasteiger partial charge in [-0.2, -0.15) is 0 Å². The second kappa shape index (κ2) is 8.13. The number of hydrogen-bond donors (Lipinski definition) is 1. The van der Waals surface area contributed by atoms with Crippen molar-refractivity contribution in [2.75, 3.05) is 5.75 Å². The van der Waals surface area contributed by atoms with E-state index >= 15 is 0 Å². The molecule has 3 aromatic rings. The Morgan fingerprint density at radius 2 is 1.79 bits per heavy atom. The van der Waals surface area contributed by atoms with Gasteiger partial charge >= 0.3 is 0 Å². The molecule has 0 saturated carbocycles. The van der Waals surface area contributed by atoms with Gasteiger partial charge in [0.1, 0.15) is 5.82 Å². The Balaban J connectivity index is 1.66. The average Bonchev–Trinajstić information content (AvgIpc) is 3.14. The van der Waals surface area contributed by atoms with Crippen LogP contribution in [0.15, 0.2) is 77.0 Å². The predicted molar refractivity (Wildman–Crippen MR) is 97.9 cm³/mol. The summed E-state index contributed by atoms with van der Waals surface area (Å²) in [5, 5.41) is 5.10. The van der Waals surface area contributed by atoms with Crippen LogP contribution in [0.2, 0.25) is 0 Å². The summed E-state index contributed by atoms with van der Waals surface area (Å²) >= 11 is 3.02. The van der Waals surface area contributed by atoms with Gasteiger partial charge in [0.25, 0.3) is 0 Å². The fraction of sp³-hybridized carbons (Fsp3) is 0.105. The molecular formula is C19H16FNOS2. The molecular weight excluding hydrogens is 341 g/mol. The molecule has 0 radical (unpaired) electrons. The SMILES string of the molecule is O=C(CSc1ccc(F)cc1)N[C@H](c1ccccc1)c1cccs1. The Morgan fingerprint density at radius 1 is 1.04 bits per heavy atom. The molecule has 5 heteroatoms. The van der Waals surface area contributed by atoms with Gasteiger partial charge in [-0.15, -0.1) is 23.1 Å². The standard InChI is InChI=1S/C19H16FNOS2/c20-15-8-10-16(11-9-15)24-13-18(22)21-19(17-7-4-12-23-17)14-5-2-1-3-6-14/h1-12,19H,13H2,(H,21,22)/t19-/m1/s1. The summed E-state index contributed by atoms with van der Waals surface area (Å²) in [6, 6.07) is 19.9. The Bertz CT molecular complexity index is 773. The highest BCUT2D eigenvalue weighted by Gasteiger charge is 2.17. The van der Waals surface area contributed by atoms with Crippen LogP contribution in [0.4, 0.5) is 4.39 Å². The van der Waals surface area contributed by atoms with E-state index in [0.717, 1.165) is 15.3 Å². The first kappa shape index (κ1) is 16.7. The molecule has 122 valence electrons. The molecule has 0 fully saturated rings. The molecule has 1 amide bonds. The summed E-state index contributed by atoms with van der Waals surface area (Å²) in [4.78, 5) is 14.3. The zero-order valence-electron chi connectivity index (χ0n) is 12.8. The van der Waals surface area contributed by atoms with E-state index in [1.165, 1.54) is 23.9 Å². The van der Waals surface area contributed by atoms with Crippen molar-refractivity contribution in [3.8, 4) is 0 Å². The number of hydrogen-bond acceptors (Lipinski definition) is 3. The lowest BCUT2D eigenvalue weighted by atomic mass is 10.1. The summed E-state index contributed by atoms with van der Waals surface area (Å²) in [7, 11) is 0. The van der Waals surface area contributed by atoms with E-state index in [1.54, 1.807) is 23.5 Å². The second-order valence-electron chi connectivity index (χ2n) is 5.17. The molecule has 0 saturated heterocycles. The average molecular weight is 357 g/mol. The lowest BCUT2D eigenvalue weighted by molar-refractivity contribution is -0.119. The molecule has 0 aliphatic rings. The smallest absolute Gasteiger partial charge is 0.231 e. The van der Waals surface area contributed by atoms with Gasteiger partial charge in [-0.05, 0) is 41.3 Å². The van der Waals surface area contributed by atoms with Crippen molar-refractivity contribution in [2.45, 2.75) is 10.9 Å². The summed E-state index contributed by atoms with van der Waals surface area (Å²) in [5.74, 6) is -0.0300. The van der Waals surface area contributed by atoms with Crippen molar-refractivity contribution in [1.82, 2.24) is 5.32 Å². The predicted octanol–water partition coefficient (Wildman–Crippen LogP) is 4.89. The van der Waals surface area contributed by atoms with Crippen LogP contribution in [0, 0.1) is 5.82 Å². The maximum absolute atomic E-state index is 12.9. The Labute approximate surface area is 148 Å². The highest BCUT2D eigenvalue weighted by atomic mass is 32.2. The van der Waals surface area contributed by atoms with Gasteiger partial charge in [-0.1, -0.05) is 36.4 Å². The first-order chi connectivity index (χ1) is 11.7. The summed E-state index contributed by atoms with van der Waals surface area (Å²) in [6.07, 6.45) is 0. The Hall–Kier alpha value is -2.11. The molecule has 0 unspecified atom stereocenters. The first-order valence-corrected chi connectivity index (χ1v) is 9.35. The van der Waals surface area contributed by atoms with Gasteiger partial charge in [0.15, 0.2) is 0 Å². The molecule has 3 rings (SSSR count). The van der Waals surface area contributed by atoms with Crippen molar-refractivity contribution in [1.29, 1.82) is 0 Å². The third-order valence-corrected chi connectivity index (χ3v) is 5.40. The molecule has 0 aliphatic heterocycles. The van der Waals surface area contributed by atoms with E-state index in [9.17, 15) is 9.18 Å². The molecule has 2 aromatic carbocycles.